The minimum absolute atomic E-state index is 0.0973. The van der Waals surface area contributed by atoms with Crippen LogP contribution in [-0.4, -0.2) is 23.0 Å². The fourth-order valence-corrected chi connectivity index (χ4v) is 3.15. The Balaban J connectivity index is 1.79. The van der Waals surface area contributed by atoms with Crippen LogP contribution in [0.1, 0.15) is 45.6 Å². The van der Waals surface area contributed by atoms with E-state index in [1.807, 2.05) is 20.8 Å². The van der Waals surface area contributed by atoms with E-state index in [9.17, 15) is 14.9 Å². The number of carbonyl (C=O) groups is 2. The summed E-state index contributed by atoms with van der Waals surface area (Å²) in [5, 5.41) is 9.21. The predicted molar refractivity (Wildman–Crippen MR) is 110 cm³/mol. The third kappa shape index (κ3) is 4.35. The minimum Gasteiger partial charge on any atom is -0.489 e. The molecular weight excluding hydrogens is 384 g/mol. The van der Waals surface area contributed by atoms with Crippen LogP contribution in [0.2, 0.25) is 0 Å². The van der Waals surface area contributed by atoms with Gasteiger partial charge in [-0.15, -0.1) is 0 Å². The van der Waals surface area contributed by atoms with Crippen molar-refractivity contribution in [3.8, 4) is 23.4 Å². The third-order valence-corrected chi connectivity index (χ3v) is 5.05. The van der Waals surface area contributed by atoms with Gasteiger partial charge in [0.05, 0.1) is 29.0 Å². The number of amides is 3. The number of nitriles is 1. The zero-order valence-electron chi connectivity index (χ0n) is 17.2. The molecular formula is C22H24N4O4. The molecule has 2 N–H and O–H groups in total. The van der Waals surface area contributed by atoms with Gasteiger partial charge in [0.2, 0.25) is 11.8 Å². The topological polar surface area (TPSA) is 119 Å². The zero-order chi connectivity index (χ0) is 21.9. The predicted octanol–water partition coefficient (Wildman–Crippen LogP) is 4.13. The van der Waals surface area contributed by atoms with Gasteiger partial charge in [0, 0.05) is 12.1 Å². The number of benzene rings is 1. The maximum absolute atomic E-state index is 12.8. The number of primary amides is 1. The van der Waals surface area contributed by atoms with Gasteiger partial charge < -0.3 is 15.2 Å². The average molecular weight is 408 g/mol. The van der Waals surface area contributed by atoms with Crippen LogP contribution in [0.3, 0.4) is 0 Å². The van der Waals surface area contributed by atoms with E-state index in [1.54, 1.807) is 30.3 Å². The Kier molecular flexibility index (Phi) is 5.92. The van der Waals surface area contributed by atoms with Gasteiger partial charge in [-0.25, -0.2) is 14.7 Å². The number of urea groups is 1. The molecule has 0 bridgehead atoms. The molecule has 1 aromatic heterocycles. The Hall–Kier alpha value is -3.60. The summed E-state index contributed by atoms with van der Waals surface area (Å²) in [7, 11) is 0. The number of nitrogens with two attached hydrogens (primary N) is 1. The summed E-state index contributed by atoms with van der Waals surface area (Å²) in [5.74, 6) is 0.819. The highest BCUT2D eigenvalue weighted by atomic mass is 16.5. The minimum atomic E-state index is -0.835. The van der Waals surface area contributed by atoms with Crippen LogP contribution in [0.25, 0.3) is 0 Å². The molecule has 156 valence electrons. The Morgan fingerprint density at radius 2 is 2.03 bits per heavy atom. The van der Waals surface area contributed by atoms with Gasteiger partial charge >= 0.3 is 6.03 Å². The molecule has 0 radical (unpaired) electrons. The standard InChI is InChI=1S/C22H24N4O4/c1-4-22(9-10-22)20(27)26(21(24)28)16-6-8-19(25-13-16)30-17-7-5-15(12-23)18(11-17)29-14(2)3/h5-8,11,13-14H,4,9-10H2,1-3H3,(H2,24,28). The highest BCUT2D eigenvalue weighted by Gasteiger charge is 2.51. The summed E-state index contributed by atoms with van der Waals surface area (Å²) in [6.45, 7) is 5.66. The van der Waals surface area contributed by atoms with Gasteiger partial charge in [0.25, 0.3) is 0 Å². The number of pyridine rings is 1. The molecule has 0 aliphatic heterocycles. The number of rotatable bonds is 7. The van der Waals surface area contributed by atoms with Crippen LogP contribution in [-0.2, 0) is 4.79 Å². The number of anilines is 1. The van der Waals surface area contributed by atoms with Crippen LogP contribution in [0.15, 0.2) is 36.5 Å². The molecule has 3 amide bonds. The number of imide groups is 1. The first-order valence-corrected chi connectivity index (χ1v) is 9.78. The fraction of sp³-hybridized carbons (Fsp3) is 0.364. The van der Waals surface area contributed by atoms with Gasteiger partial charge in [-0.3, -0.25) is 4.79 Å². The molecule has 1 saturated carbocycles. The van der Waals surface area contributed by atoms with Gasteiger partial charge in [-0.1, -0.05) is 6.92 Å². The number of hydrogen-bond donors (Lipinski definition) is 1. The quantitative estimate of drug-likeness (QED) is 0.735. The Morgan fingerprint density at radius 3 is 2.53 bits per heavy atom. The molecule has 8 heteroatoms. The second kappa shape index (κ2) is 8.41. The molecule has 1 fully saturated rings. The number of nitrogens with zero attached hydrogens (tertiary/aromatic N) is 3. The smallest absolute Gasteiger partial charge is 0.326 e. The van der Waals surface area contributed by atoms with E-state index in [0.29, 0.717) is 29.2 Å². The number of hydrogen-bond acceptors (Lipinski definition) is 6. The lowest BCUT2D eigenvalue weighted by molar-refractivity contribution is -0.123. The summed E-state index contributed by atoms with van der Waals surface area (Å²) in [6, 6.07) is 9.21. The van der Waals surface area contributed by atoms with E-state index in [-0.39, 0.29) is 17.9 Å². The molecule has 8 nitrogen and oxygen atoms in total. The molecule has 1 heterocycles. The Labute approximate surface area is 175 Å². The second-order valence-corrected chi connectivity index (χ2v) is 7.51. The van der Waals surface area contributed by atoms with Crippen LogP contribution in [0.5, 0.6) is 17.4 Å². The van der Waals surface area contributed by atoms with Crippen molar-refractivity contribution in [3.05, 3.63) is 42.1 Å². The normalized spacial score (nSPS) is 14.0. The van der Waals surface area contributed by atoms with Gasteiger partial charge in [0.1, 0.15) is 17.6 Å². The molecule has 1 aliphatic rings. The first-order valence-electron chi connectivity index (χ1n) is 9.78. The Bertz CT molecular complexity index is 991. The summed E-state index contributed by atoms with van der Waals surface area (Å²) in [4.78, 5) is 29.9. The van der Waals surface area contributed by atoms with E-state index in [1.165, 1.54) is 6.20 Å². The van der Waals surface area contributed by atoms with Crippen molar-refractivity contribution in [2.75, 3.05) is 4.90 Å². The fourth-order valence-electron chi connectivity index (χ4n) is 3.15. The van der Waals surface area contributed by atoms with Crippen LogP contribution < -0.4 is 20.1 Å². The van der Waals surface area contributed by atoms with Gasteiger partial charge in [-0.05, 0) is 51.3 Å². The molecule has 0 atom stereocenters. The first kappa shape index (κ1) is 21.1. The lowest BCUT2D eigenvalue weighted by Gasteiger charge is -2.23. The maximum atomic E-state index is 12.8. The van der Waals surface area contributed by atoms with Crippen molar-refractivity contribution in [3.63, 3.8) is 0 Å². The zero-order valence-corrected chi connectivity index (χ0v) is 17.2. The van der Waals surface area contributed by atoms with Crippen molar-refractivity contribution in [2.24, 2.45) is 11.1 Å². The Morgan fingerprint density at radius 1 is 1.30 bits per heavy atom. The van der Waals surface area contributed by atoms with E-state index in [0.717, 1.165) is 17.7 Å². The molecule has 0 saturated heterocycles. The summed E-state index contributed by atoms with van der Waals surface area (Å²) >= 11 is 0. The number of carbonyl (C=O) groups excluding carboxylic acids is 2. The number of ether oxygens (including phenoxy) is 2. The van der Waals surface area contributed by atoms with Crippen molar-refractivity contribution < 1.29 is 19.1 Å². The van der Waals surface area contributed by atoms with E-state index < -0.39 is 11.4 Å². The summed E-state index contributed by atoms with van der Waals surface area (Å²) in [5.41, 5.74) is 5.66. The highest BCUT2D eigenvalue weighted by molar-refractivity contribution is 6.16. The van der Waals surface area contributed by atoms with Crippen LogP contribution in [0.4, 0.5) is 10.5 Å². The average Bonchev–Trinajstić information content (AvgIpc) is 3.50. The largest absolute Gasteiger partial charge is 0.489 e. The van der Waals surface area contributed by atoms with E-state index in [2.05, 4.69) is 11.1 Å². The van der Waals surface area contributed by atoms with Crippen molar-refractivity contribution >= 4 is 17.6 Å². The monoisotopic (exact) mass is 408 g/mol. The molecule has 1 aromatic carbocycles. The second-order valence-electron chi connectivity index (χ2n) is 7.51. The van der Waals surface area contributed by atoms with Crippen molar-refractivity contribution in [1.29, 1.82) is 5.26 Å². The third-order valence-electron chi connectivity index (χ3n) is 5.05. The summed E-state index contributed by atoms with van der Waals surface area (Å²) < 4.78 is 11.4. The lowest BCUT2D eigenvalue weighted by atomic mass is 10.0. The molecule has 2 aromatic rings. The first-order chi connectivity index (χ1) is 14.3. The highest BCUT2D eigenvalue weighted by Crippen LogP contribution is 2.50. The molecule has 0 unspecified atom stereocenters. The van der Waals surface area contributed by atoms with Crippen molar-refractivity contribution in [1.82, 2.24) is 4.98 Å². The maximum Gasteiger partial charge on any atom is 0.326 e. The lowest BCUT2D eigenvalue weighted by Crippen LogP contribution is -2.45. The van der Waals surface area contributed by atoms with Gasteiger partial charge in [0.15, 0.2) is 0 Å². The van der Waals surface area contributed by atoms with E-state index in [4.69, 9.17) is 15.2 Å². The number of aromatic nitrogens is 1. The molecule has 30 heavy (non-hydrogen) atoms. The SMILES string of the molecule is CCC1(C(=O)N(C(N)=O)c2ccc(Oc3ccc(C#N)c(OC(C)C)c3)nc2)CC1. The van der Waals surface area contributed by atoms with Gasteiger partial charge in [-0.2, -0.15) is 5.26 Å². The van der Waals surface area contributed by atoms with E-state index >= 15 is 0 Å². The van der Waals surface area contributed by atoms with Crippen molar-refractivity contribution in [2.45, 2.75) is 46.1 Å². The van der Waals surface area contributed by atoms with Crippen LogP contribution in [0, 0.1) is 16.7 Å². The molecule has 3 rings (SSSR count). The summed E-state index contributed by atoms with van der Waals surface area (Å²) in [6.07, 6.45) is 3.43. The van der Waals surface area contributed by atoms with Crippen LogP contribution >= 0.6 is 0 Å². The molecule has 0 spiro atoms. The molecule has 1 aliphatic carbocycles.